The van der Waals surface area contributed by atoms with Crippen LogP contribution in [0.15, 0.2) is 15.9 Å². The molecule has 0 radical (unpaired) electrons. The topological polar surface area (TPSA) is 29.1 Å². The average molecular weight is 262 g/mol. The lowest BCUT2D eigenvalue weighted by atomic mass is 10.2. The van der Waals surface area contributed by atoms with Crippen molar-refractivity contribution >= 4 is 33.2 Å². The smallest absolute Gasteiger partial charge is 0.222 e. The fourth-order valence-electron chi connectivity index (χ4n) is 0.823. The Balaban J connectivity index is 2.44. The van der Waals surface area contributed by atoms with Crippen LogP contribution in [0, 0.1) is 5.92 Å². The molecule has 0 aliphatic heterocycles. The molecular formula is C9H12BrNOS. The fourth-order valence-corrected chi connectivity index (χ4v) is 2.25. The molecule has 0 spiro atoms. The van der Waals surface area contributed by atoms with Gasteiger partial charge in [0, 0.05) is 15.3 Å². The van der Waals surface area contributed by atoms with Crippen LogP contribution in [0.3, 0.4) is 0 Å². The fraction of sp³-hybridized carbons (Fsp3) is 0.444. The van der Waals surface area contributed by atoms with E-state index in [9.17, 15) is 4.79 Å². The van der Waals surface area contributed by atoms with Crippen molar-refractivity contribution in [3.05, 3.63) is 20.8 Å². The second-order valence-corrected chi connectivity index (χ2v) is 4.92. The van der Waals surface area contributed by atoms with Crippen molar-refractivity contribution < 1.29 is 4.79 Å². The van der Waals surface area contributed by atoms with Crippen molar-refractivity contribution in [1.29, 1.82) is 0 Å². The normalized spacial score (nSPS) is 10.5. The predicted octanol–water partition coefficient (Wildman–Crippen LogP) is 2.78. The number of carbonyl (C=O) groups is 1. The number of thiophene rings is 1. The summed E-state index contributed by atoms with van der Waals surface area (Å²) in [6.45, 7) is 4.40. The van der Waals surface area contributed by atoms with Crippen molar-refractivity contribution in [3.8, 4) is 0 Å². The van der Waals surface area contributed by atoms with Gasteiger partial charge in [-0.25, -0.2) is 0 Å². The zero-order valence-electron chi connectivity index (χ0n) is 7.63. The molecule has 1 rings (SSSR count). The van der Waals surface area contributed by atoms with Crippen LogP contribution in [0.25, 0.3) is 0 Å². The molecule has 1 N–H and O–H groups in total. The van der Waals surface area contributed by atoms with Crippen molar-refractivity contribution in [2.24, 2.45) is 5.92 Å². The van der Waals surface area contributed by atoms with Gasteiger partial charge in [-0.15, -0.1) is 11.3 Å². The van der Waals surface area contributed by atoms with E-state index < -0.39 is 0 Å². The molecule has 13 heavy (non-hydrogen) atoms. The first-order valence-electron chi connectivity index (χ1n) is 4.11. The maximum Gasteiger partial charge on any atom is 0.222 e. The summed E-state index contributed by atoms with van der Waals surface area (Å²) < 4.78 is 1.07. The quantitative estimate of drug-likeness (QED) is 0.891. The Morgan fingerprint density at radius 2 is 2.38 bits per heavy atom. The van der Waals surface area contributed by atoms with Gasteiger partial charge in [0.1, 0.15) is 0 Å². The van der Waals surface area contributed by atoms with E-state index in [0.717, 1.165) is 9.35 Å². The average Bonchev–Trinajstić information content (AvgIpc) is 2.47. The molecule has 0 bridgehead atoms. The van der Waals surface area contributed by atoms with E-state index in [1.54, 1.807) is 11.3 Å². The van der Waals surface area contributed by atoms with Gasteiger partial charge < -0.3 is 5.32 Å². The van der Waals surface area contributed by atoms with Crippen LogP contribution in [0.1, 0.15) is 18.7 Å². The highest BCUT2D eigenvalue weighted by Crippen LogP contribution is 2.22. The van der Waals surface area contributed by atoms with E-state index in [1.165, 1.54) is 0 Å². The molecule has 0 saturated heterocycles. The van der Waals surface area contributed by atoms with E-state index in [0.29, 0.717) is 6.54 Å². The predicted molar refractivity (Wildman–Crippen MR) is 58.7 cm³/mol. The summed E-state index contributed by atoms with van der Waals surface area (Å²) in [6, 6.07) is 1.99. The van der Waals surface area contributed by atoms with Crippen LogP contribution in [0.2, 0.25) is 0 Å². The van der Waals surface area contributed by atoms with Crippen LogP contribution in [-0.2, 0) is 11.3 Å². The Kier molecular flexibility index (Phi) is 3.93. The molecular weight excluding hydrogens is 250 g/mol. The lowest BCUT2D eigenvalue weighted by molar-refractivity contribution is -0.124. The van der Waals surface area contributed by atoms with Gasteiger partial charge in [-0.05, 0) is 27.4 Å². The highest BCUT2D eigenvalue weighted by molar-refractivity contribution is 9.10. The zero-order valence-corrected chi connectivity index (χ0v) is 10.0. The molecule has 0 aromatic carbocycles. The molecule has 0 aliphatic rings. The standard InChI is InChI=1S/C9H12BrNOS/c1-6(2)9(12)11-5-8-7(10)3-4-13-8/h3-4,6H,5H2,1-2H3,(H,11,12). The third kappa shape index (κ3) is 3.12. The molecule has 4 heteroatoms. The minimum Gasteiger partial charge on any atom is -0.351 e. The highest BCUT2D eigenvalue weighted by atomic mass is 79.9. The SMILES string of the molecule is CC(C)C(=O)NCc1sccc1Br. The van der Waals surface area contributed by atoms with Crippen molar-refractivity contribution in [3.63, 3.8) is 0 Å². The van der Waals surface area contributed by atoms with Crippen molar-refractivity contribution in [1.82, 2.24) is 5.32 Å². The first-order chi connectivity index (χ1) is 6.11. The van der Waals surface area contributed by atoms with Gasteiger partial charge in [-0.2, -0.15) is 0 Å². The summed E-state index contributed by atoms with van der Waals surface area (Å²) in [4.78, 5) is 12.4. The molecule has 1 aromatic rings. The first kappa shape index (κ1) is 10.7. The van der Waals surface area contributed by atoms with E-state index in [-0.39, 0.29) is 11.8 Å². The van der Waals surface area contributed by atoms with Crippen molar-refractivity contribution in [2.75, 3.05) is 0 Å². The monoisotopic (exact) mass is 261 g/mol. The van der Waals surface area contributed by atoms with E-state index in [4.69, 9.17) is 0 Å². The number of nitrogens with one attached hydrogen (secondary N) is 1. The van der Waals surface area contributed by atoms with Crippen LogP contribution < -0.4 is 5.32 Å². The molecule has 2 nitrogen and oxygen atoms in total. The van der Waals surface area contributed by atoms with E-state index in [1.807, 2.05) is 25.3 Å². The summed E-state index contributed by atoms with van der Waals surface area (Å²) in [5.74, 6) is 0.152. The molecule has 0 aliphatic carbocycles. The minimum atomic E-state index is 0.0544. The maximum absolute atomic E-state index is 11.2. The number of rotatable bonds is 3. The summed E-state index contributed by atoms with van der Waals surface area (Å²) in [6.07, 6.45) is 0. The Hall–Kier alpha value is -0.350. The molecule has 1 amide bonds. The van der Waals surface area contributed by atoms with Gasteiger partial charge in [0.25, 0.3) is 0 Å². The number of hydrogen-bond acceptors (Lipinski definition) is 2. The van der Waals surface area contributed by atoms with Gasteiger partial charge >= 0.3 is 0 Å². The van der Waals surface area contributed by atoms with Crippen LogP contribution in [0.5, 0.6) is 0 Å². The third-order valence-corrected chi connectivity index (χ3v) is 3.56. The van der Waals surface area contributed by atoms with Crippen LogP contribution >= 0.6 is 27.3 Å². The van der Waals surface area contributed by atoms with Gasteiger partial charge in [0.15, 0.2) is 0 Å². The minimum absolute atomic E-state index is 0.0544. The maximum atomic E-state index is 11.2. The van der Waals surface area contributed by atoms with Crippen LogP contribution in [-0.4, -0.2) is 5.91 Å². The lowest BCUT2D eigenvalue weighted by Crippen LogP contribution is -2.26. The number of amides is 1. The Morgan fingerprint density at radius 3 is 2.85 bits per heavy atom. The largest absolute Gasteiger partial charge is 0.351 e. The van der Waals surface area contributed by atoms with Gasteiger partial charge in [-0.1, -0.05) is 13.8 Å². The summed E-state index contributed by atoms with van der Waals surface area (Å²) >= 11 is 5.05. The van der Waals surface area contributed by atoms with E-state index in [2.05, 4.69) is 21.2 Å². The third-order valence-electron chi connectivity index (χ3n) is 1.64. The summed E-state index contributed by atoms with van der Waals surface area (Å²) in [5.41, 5.74) is 0. The molecule has 1 heterocycles. The van der Waals surface area contributed by atoms with Gasteiger partial charge in [-0.3, -0.25) is 4.79 Å². The van der Waals surface area contributed by atoms with Gasteiger partial charge in [0.2, 0.25) is 5.91 Å². The Bertz CT molecular complexity index is 296. The van der Waals surface area contributed by atoms with E-state index >= 15 is 0 Å². The number of carbonyl (C=O) groups excluding carboxylic acids is 1. The van der Waals surface area contributed by atoms with Crippen LogP contribution in [0.4, 0.5) is 0 Å². The molecule has 0 fully saturated rings. The van der Waals surface area contributed by atoms with Crippen molar-refractivity contribution in [2.45, 2.75) is 20.4 Å². The molecule has 72 valence electrons. The molecule has 0 saturated carbocycles. The molecule has 0 unspecified atom stereocenters. The Morgan fingerprint density at radius 1 is 1.69 bits per heavy atom. The Labute approximate surface area is 90.5 Å². The lowest BCUT2D eigenvalue weighted by Gasteiger charge is -2.06. The summed E-state index contributed by atoms with van der Waals surface area (Å²) in [7, 11) is 0. The summed E-state index contributed by atoms with van der Waals surface area (Å²) in [5, 5.41) is 4.87. The number of halogens is 1. The number of hydrogen-bond donors (Lipinski definition) is 1. The second kappa shape index (κ2) is 4.77. The molecule has 1 aromatic heterocycles. The van der Waals surface area contributed by atoms with Gasteiger partial charge in [0.05, 0.1) is 6.54 Å². The molecule has 0 atom stereocenters. The highest BCUT2D eigenvalue weighted by Gasteiger charge is 2.07. The zero-order chi connectivity index (χ0) is 9.84. The first-order valence-corrected chi connectivity index (χ1v) is 5.78. The second-order valence-electron chi connectivity index (χ2n) is 3.06.